The van der Waals surface area contributed by atoms with Crippen LogP contribution in [0.25, 0.3) is 0 Å². The molecule has 0 saturated carbocycles. The summed E-state index contributed by atoms with van der Waals surface area (Å²) in [6, 6.07) is 0. The zero-order valence-corrected chi connectivity index (χ0v) is 8.25. The molecule has 1 unspecified atom stereocenters. The minimum atomic E-state index is -2.83. The topological polar surface area (TPSA) is 0 Å². The summed E-state index contributed by atoms with van der Waals surface area (Å²) in [6.07, 6.45) is -2.83. The molecule has 0 saturated heterocycles. The zero-order chi connectivity index (χ0) is 7.71. The molecule has 1 atom stereocenters. The van der Waals surface area contributed by atoms with Gasteiger partial charge in [-0.25, -0.2) is 4.20 Å². The lowest BCUT2D eigenvalue weighted by molar-refractivity contribution is 0.730. The maximum absolute atomic E-state index is 13.1. The van der Waals surface area contributed by atoms with Crippen molar-refractivity contribution in [1.82, 2.24) is 0 Å². The highest BCUT2D eigenvalue weighted by atomic mass is 32.5. The standard InChI is InChI=1S/C5H10FPS2/c1-5(2,3)7(6,9)4-8/h4H,1-3H3. The monoisotopic (exact) mass is 184 g/mol. The smallest absolute Gasteiger partial charge is 0.150 e. The van der Waals surface area contributed by atoms with Crippen molar-refractivity contribution in [3.63, 3.8) is 0 Å². The van der Waals surface area contributed by atoms with Gasteiger partial charge in [-0.15, -0.1) is 0 Å². The Balaban J connectivity index is 4.54. The normalized spacial score (nSPS) is 18.7. The molecule has 54 valence electrons. The summed E-state index contributed by atoms with van der Waals surface area (Å²) in [5.41, 5.74) is 0. The number of thiocarbonyl (C=S) groups is 1. The first kappa shape index (κ1) is 9.67. The van der Waals surface area contributed by atoms with E-state index < -0.39 is 11.5 Å². The van der Waals surface area contributed by atoms with Crippen LogP contribution >= 0.6 is 18.6 Å². The summed E-state index contributed by atoms with van der Waals surface area (Å²) in [6.45, 7) is 5.32. The van der Waals surface area contributed by atoms with Crippen LogP contribution in [0.1, 0.15) is 20.8 Å². The Morgan fingerprint density at radius 1 is 1.44 bits per heavy atom. The third-order valence-corrected chi connectivity index (χ3v) is 6.38. The van der Waals surface area contributed by atoms with Crippen LogP contribution in [0, 0.1) is 0 Å². The van der Waals surface area contributed by atoms with E-state index in [1.807, 2.05) is 0 Å². The molecule has 0 aromatic heterocycles. The van der Waals surface area contributed by atoms with Gasteiger partial charge in [0.05, 0.1) is 0 Å². The van der Waals surface area contributed by atoms with Crippen molar-refractivity contribution in [2.75, 3.05) is 0 Å². The van der Waals surface area contributed by atoms with E-state index in [0.717, 1.165) is 5.11 Å². The van der Waals surface area contributed by atoms with Crippen LogP contribution in [-0.4, -0.2) is 10.3 Å². The van der Waals surface area contributed by atoms with Crippen LogP contribution in [0.2, 0.25) is 0 Å². The Morgan fingerprint density at radius 3 is 1.78 bits per heavy atom. The number of hydrogen-bond donors (Lipinski definition) is 0. The van der Waals surface area contributed by atoms with Gasteiger partial charge in [-0.3, -0.25) is 0 Å². The molecular formula is C5H10FPS2. The van der Waals surface area contributed by atoms with E-state index in [9.17, 15) is 4.20 Å². The summed E-state index contributed by atoms with van der Waals surface area (Å²) in [4.78, 5) is 0. The molecule has 9 heavy (non-hydrogen) atoms. The van der Waals surface area contributed by atoms with E-state index in [-0.39, 0.29) is 0 Å². The van der Waals surface area contributed by atoms with Crippen molar-refractivity contribution in [3.8, 4) is 0 Å². The van der Waals surface area contributed by atoms with Gasteiger partial charge < -0.3 is 0 Å². The number of hydrogen-bond acceptors (Lipinski definition) is 2. The molecule has 0 aliphatic rings. The molecule has 0 aliphatic carbocycles. The Kier molecular flexibility index (Phi) is 2.93. The molecule has 0 spiro atoms. The lowest BCUT2D eigenvalue weighted by atomic mass is 10.3. The second-order valence-corrected chi connectivity index (χ2v) is 7.79. The highest BCUT2D eigenvalue weighted by molar-refractivity contribution is 8.24. The van der Waals surface area contributed by atoms with Crippen molar-refractivity contribution in [1.29, 1.82) is 0 Å². The summed E-state index contributed by atoms with van der Waals surface area (Å²) >= 11 is 9.15. The van der Waals surface area contributed by atoms with E-state index in [0.29, 0.717) is 0 Å². The largest absolute Gasteiger partial charge is 0.212 e. The van der Waals surface area contributed by atoms with Crippen molar-refractivity contribution in [2.24, 2.45) is 0 Å². The van der Waals surface area contributed by atoms with Crippen molar-refractivity contribution in [2.45, 2.75) is 25.9 Å². The second-order valence-electron chi connectivity index (χ2n) is 2.85. The third kappa shape index (κ3) is 2.40. The molecule has 0 bridgehead atoms. The van der Waals surface area contributed by atoms with Crippen LogP contribution in [-0.2, 0) is 11.8 Å². The van der Waals surface area contributed by atoms with E-state index in [1.54, 1.807) is 20.8 Å². The zero-order valence-electron chi connectivity index (χ0n) is 5.72. The van der Waals surface area contributed by atoms with Crippen LogP contribution < -0.4 is 0 Å². The lowest BCUT2D eigenvalue weighted by Gasteiger charge is -2.22. The second kappa shape index (κ2) is 2.73. The molecule has 4 heteroatoms. The van der Waals surface area contributed by atoms with Crippen LogP contribution in [0.15, 0.2) is 0 Å². The predicted molar refractivity (Wildman–Crippen MR) is 48.8 cm³/mol. The van der Waals surface area contributed by atoms with Crippen molar-refractivity contribution in [3.05, 3.63) is 0 Å². The quantitative estimate of drug-likeness (QED) is 0.453. The summed E-state index contributed by atoms with van der Waals surface area (Å²) < 4.78 is 13.1. The minimum Gasteiger partial charge on any atom is -0.212 e. The highest BCUT2D eigenvalue weighted by Gasteiger charge is 2.29. The van der Waals surface area contributed by atoms with E-state index in [2.05, 4.69) is 24.0 Å². The van der Waals surface area contributed by atoms with Gasteiger partial charge in [0.15, 0.2) is 6.35 Å². The molecule has 0 fully saturated rings. The minimum absolute atomic E-state index is 0.454. The van der Waals surface area contributed by atoms with Gasteiger partial charge in [0, 0.05) is 10.3 Å². The first-order valence-corrected chi connectivity index (χ1v) is 5.80. The predicted octanol–water partition coefficient (Wildman–Crippen LogP) is 3.11. The average molecular weight is 184 g/mol. The Bertz CT molecular complexity index is 159. The number of rotatable bonds is 1. The van der Waals surface area contributed by atoms with Gasteiger partial charge in [0.1, 0.15) is 0 Å². The molecule has 0 radical (unpaired) electrons. The van der Waals surface area contributed by atoms with Gasteiger partial charge in [0.25, 0.3) is 0 Å². The Labute approximate surface area is 66.0 Å². The molecule has 0 nitrogen and oxygen atoms in total. The molecule has 0 aromatic rings. The fourth-order valence-corrected chi connectivity index (χ4v) is 1.42. The lowest BCUT2D eigenvalue weighted by Crippen LogP contribution is -2.11. The molecule has 0 aromatic carbocycles. The first-order valence-electron chi connectivity index (χ1n) is 2.57. The molecule has 0 N–H and O–H groups in total. The summed E-state index contributed by atoms with van der Waals surface area (Å²) in [5, 5.41) is 0.659. The van der Waals surface area contributed by atoms with Crippen molar-refractivity contribution >= 4 is 35.5 Å². The summed E-state index contributed by atoms with van der Waals surface area (Å²) in [7, 11) is 0. The van der Waals surface area contributed by atoms with E-state index in [4.69, 9.17) is 0 Å². The molecule has 0 aliphatic heterocycles. The van der Waals surface area contributed by atoms with Crippen LogP contribution in [0.4, 0.5) is 4.20 Å². The maximum Gasteiger partial charge on any atom is 0.150 e. The fourth-order valence-electron chi connectivity index (χ4n) is 0.158. The fraction of sp³-hybridized carbons (Fsp3) is 0.800. The molecular weight excluding hydrogens is 174 g/mol. The van der Waals surface area contributed by atoms with Gasteiger partial charge in [-0.05, 0) is 0 Å². The van der Waals surface area contributed by atoms with Crippen LogP contribution in [0.5, 0.6) is 0 Å². The van der Waals surface area contributed by atoms with Gasteiger partial charge in [0.2, 0.25) is 0 Å². The van der Waals surface area contributed by atoms with Gasteiger partial charge in [-0.1, -0.05) is 44.8 Å². The third-order valence-electron chi connectivity index (χ3n) is 1.05. The van der Waals surface area contributed by atoms with Gasteiger partial charge in [-0.2, -0.15) is 0 Å². The first-order chi connectivity index (χ1) is 3.81. The molecule has 0 rings (SSSR count). The maximum atomic E-state index is 13.1. The van der Waals surface area contributed by atoms with Crippen molar-refractivity contribution < 1.29 is 4.20 Å². The highest BCUT2D eigenvalue weighted by Crippen LogP contribution is 2.57. The molecule has 0 heterocycles. The average Bonchev–Trinajstić information content (AvgIpc) is 1.64. The Morgan fingerprint density at radius 2 is 1.78 bits per heavy atom. The van der Waals surface area contributed by atoms with E-state index in [1.165, 1.54) is 0 Å². The van der Waals surface area contributed by atoms with E-state index >= 15 is 0 Å². The summed E-state index contributed by atoms with van der Waals surface area (Å²) in [5.74, 6) is 0. The SMILES string of the molecule is CC(C)(C)P(F)(=S)C=S. The number of halogens is 1. The molecule has 0 amide bonds. The Hall–Kier alpha value is 0.670. The van der Waals surface area contributed by atoms with Crippen LogP contribution in [0.3, 0.4) is 0 Å². The van der Waals surface area contributed by atoms with Gasteiger partial charge >= 0.3 is 0 Å².